The lowest BCUT2D eigenvalue weighted by molar-refractivity contribution is -0.133. The van der Waals surface area contributed by atoms with Gasteiger partial charge in [0.2, 0.25) is 5.91 Å². The first kappa shape index (κ1) is 13.9. The van der Waals surface area contributed by atoms with Gasteiger partial charge in [0.1, 0.15) is 6.23 Å². The summed E-state index contributed by atoms with van der Waals surface area (Å²) in [6.07, 6.45) is -0.303. The average molecular weight is 243 g/mol. The number of amides is 3. The van der Waals surface area contributed by atoms with Crippen LogP contribution in [0, 0.1) is 0 Å². The van der Waals surface area contributed by atoms with Crippen molar-refractivity contribution >= 4 is 11.9 Å². The number of imide groups is 1. The van der Waals surface area contributed by atoms with Gasteiger partial charge in [-0.1, -0.05) is 13.8 Å². The minimum absolute atomic E-state index is 0.0307. The van der Waals surface area contributed by atoms with Crippen molar-refractivity contribution in [3.63, 3.8) is 0 Å². The molecule has 3 amide bonds. The van der Waals surface area contributed by atoms with Gasteiger partial charge in [-0.2, -0.15) is 0 Å². The van der Waals surface area contributed by atoms with Crippen LogP contribution in [0.15, 0.2) is 0 Å². The van der Waals surface area contributed by atoms with Crippen LogP contribution in [-0.2, 0) is 4.79 Å². The van der Waals surface area contributed by atoms with Crippen LogP contribution in [0.4, 0.5) is 4.79 Å². The van der Waals surface area contributed by atoms with E-state index in [-0.39, 0.29) is 12.3 Å². The van der Waals surface area contributed by atoms with Crippen molar-refractivity contribution in [2.45, 2.75) is 32.9 Å². The number of nitrogens with one attached hydrogen (secondary N) is 1. The monoisotopic (exact) mass is 243 g/mol. The number of hydrogen-bond donors (Lipinski definition) is 2. The number of urea groups is 1. The van der Waals surface area contributed by atoms with Gasteiger partial charge < -0.3 is 15.3 Å². The molecule has 17 heavy (non-hydrogen) atoms. The number of aliphatic hydroxyl groups excluding tert-OH is 1. The Bertz CT molecular complexity index is 261. The van der Waals surface area contributed by atoms with Crippen LogP contribution < -0.4 is 5.32 Å². The summed E-state index contributed by atoms with van der Waals surface area (Å²) in [7, 11) is 0. The third kappa shape index (κ3) is 3.98. The van der Waals surface area contributed by atoms with Crippen LogP contribution in [0.1, 0.15) is 26.7 Å². The van der Waals surface area contributed by atoms with E-state index in [9.17, 15) is 9.59 Å². The number of carbonyl (C=O) groups is 2. The van der Waals surface area contributed by atoms with E-state index in [0.29, 0.717) is 6.54 Å². The van der Waals surface area contributed by atoms with E-state index < -0.39 is 12.3 Å². The molecule has 0 aromatic carbocycles. The lowest BCUT2D eigenvalue weighted by atomic mass is 10.2. The van der Waals surface area contributed by atoms with Gasteiger partial charge in [0.15, 0.2) is 0 Å². The Balaban J connectivity index is 2.35. The van der Waals surface area contributed by atoms with Crippen LogP contribution in [-0.4, -0.2) is 59.3 Å². The Morgan fingerprint density at radius 1 is 1.41 bits per heavy atom. The van der Waals surface area contributed by atoms with E-state index in [0.717, 1.165) is 26.1 Å². The molecule has 6 heteroatoms. The predicted octanol–water partition coefficient (Wildman–Crippen LogP) is -0.0214. The highest BCUT2D eigenvalue weighted by Gasteiger charge is 2.30. The van der Waals surface area contributed by atoms with Gasteiger partial charge in [0.05, 0.1) is 6.42 Å². The maximum absolute atomic E-state index is 11.5. The smallest absolute Gasteiger partial charge is 0.326 e. The Labute approximate surface area is 102 Å². The summed E-state index contributed by atoms with van der Waals surface area (Å²) in [6, 6.07) is -0.492. The van der Waals surface area contributed by atoms with E-state index in [1.54, 1.807) is 0 Å². The lowest BCUT2D eigenvalue weighted by Gasteiger charge is -2.29. The lowest BCUT2D eigenvalue weighted by Crippen LogP contribution is -2.55. The molecule has 0 bridgehead atoms. The van der Waals surface area contributed by atoms with E-state index in [1.165, 1.54) is 4.90 Å². The zero-order valence-corrected chi connectivity index (χ0v) is 10.5. The summed E-state index contributed by atoms with van der Waals surface area (Å²) in [5.74, 6) is -0.305. The topological polar surface area (TPSA) is 72.9 Å². The second kappa shape index (κ2) is 6.56. The zero-order chi connectivity index (χ0) is 12.8. The molecule has 1 unspecified atom stereocenters. The molecule has 1 rings (SSSR count). The Kier molecular flexibility index (Phi) is 5.37. The largest absolute Gasteiger partial charge is 0.373 e. The van der Waals surface area contributed by atoms with Crippen LogP contribution in [0.2, 0.25) is 0 Å². The van der Waals surface area contributed by atoms with Gasteiger partial charge in [-0.25, -0.2) is 4.79 Å². The fraction of sp³-hybridized carbons (Fsp3) is 0.818. The van der Waals surface area contributed by atoms with Gasteiger partial charge in [-0.3, -0.25) is 9.69 Å². The second-order valence-electron chi connectivity index (χ2n) is 4.10. The van der Waals surface area contributed by atoms with Crippen LogP contribution in [0.3, 0.4) is 0 Å². The van der Waals surface area contributed by atoms with Crippen LogP contribution in [0.5, 0.6) is 0 Å². The molecule has 0 aromatic rings. The summed E-state index contributed by atoms with van der Waals surface area (Å²) in [5, 5.41) is 11.5. The second-order valence-corrected chi connectivity index (χ2v) is 4.10. The van der Waals surface area contributed by atoms with E-state index in [4.69, 9.17) is 5.11 Å². The van der Waals surface area contributed by atoms with Crippen LogP contribution >= 0.6 is 0 Å². The third-order valence-electron chi connectivity index (χ3n) is 2.95. The Morgan fingerprint density at radius 3 is 2.59 bits per heavy atom. The number of hydrogen-bond acceptors (Lipinski definition) is 4. The molecule has 2 N–H and O–H groups in total. The molecule has 0 radical (unpaired) electrons. The van der Waals surface area contributed by atoms with Crippen molar-refractivity contribution in [3.8, 4) is 0 Å². The maximum Gasteiger partial charge on any atom is 0.326 e. The van der Waals surface area contributed by atoms with Crippen molar-refractivity contribution in [2.24, 2.45) is 0 Å². The highest BCUT2D eigenvalue weighted by atomic mass is 16.3. The highest BCUT2D eigenvalue weighted by Crippen LogP contribution is 2.06. The average Bonchev–Trinajstić information content (AvgIpc) is 2.27. The molecule has 0 spiro atoms. The fourth-order valence-corrected chi connectivity index (χ4v) is 1.88. The predicted molar refractivity (Wildman–Crippen MR) is 63.3 cm³/mol. The van der Waals surface area contributed by atoms with Crippen molar-refractivity contribution < 1.29 is 14.7 Å². The quantitative estimate of drug-likeness (QED) is 0.687. The molecule has 0 aromatic heterocycles. The van der Waals surface area contributed by atoms with Gasteiger partial charge in [0, 0.05) is 6.54 Å². The first-order valence-corrected chi connectivity index (χ1v) is 6.09. The van der Waals surface area contributed by atoms with Crippen molar-refractivity contribution in [2.75, 3.05) is 26.2 Å². The highest BCUT2D eigenvalue weighted by molar-refractivity contribution is 5.97. The molecule has 1 heterocycles. The summed E-state index contributed by atoms with van der Waals surface area (Å²) in [6.45, 7) is 7.38. The van der Waals surface area contributed by atoms with E-state index in [1.807, 2.05) is 0 Å². The van der Waals surface area contributed by atoms with Gasteiger partial charge in [-0.05, 0) is 26.1 Å². The fourth-order valence-electron chi connectivity index (χ4n) is 1.88. The minimum Gasteiger partial charge on any atom is -0.373 e. The molecule has 98 valence electrons. The molecule has 6 nitrogen and oxygen atoms in total. The van der Waals surface area contributed by atoms with Gasteiger partial charge in [0.25, 0.3) is 0 Å². The number of carbonyl (C=O) groups excluding carboxylic acids is 2. The zero-order valence-electron chi connectivity index (χ0n) is 10.5. The first-order chi connectivity index (χ1) is 8.08. The van der Waals surface area contributed by atoms with Crippen LogP contribution in [0.25, 0.3) is 0 Å². The van der Waals surface area contributed by atoms with E-state index in [2.05, 4.69) is 24.1 Å². The molecule has 1 aliphatic heterocycles. The Hall–Kier alpha value is -1.14. The summed E-state index contributed by atoms with van der Waals surface area (Å²) in [4.78, 5) is 26.4. The molecule has 0 aliphatic carbocycles. The van der Waals surface area contributed by atoms with Gasteiger partial charge >= 0.3 is 6.03 Å². The number of aliphatic hydroxyl groups is 1. The minimum atomic E-state index is -1.03. The molecule has 0 saturated carbocycles. The summed E-state index contributed by atoms with van der Waals surface area (Å²) in [5.41, 5.74) is 0. The van der Waals surface area contributed by atoms with E-state index >= 15 is 0 Å². The van der Waals surface area contributed by atoms with Crippen molar-refractivity contribution in [1.29, 1.82) is 0 Å². The molecular weight excluding hydrogens is 222 g/mol. The molecular formula is C11H21N3O3. The first-order valence-electron chi connectivity index (χ1n) is 6.09. The number of nitrogens with zero attached hydrogens (tertiary/aromatic N) is 2. The number of rotatable bonds is 6. The summed E-state index contributed by atoms with van der Waals surface area (Å²) < 4.78 is 0. The third-order valence-corrected chi connectivity index (χ3v) is 2.95. The Morgan fingerprint density at radius 2 is 2.06 bits per heavy atom. The summed E-state index contributed by atoms with van der Waals surface area (Å²) >= 11 is 0. The molecule has 1 aliphatic rings. The van der Waals surface area contributed by atoms with Crippen molar-refractivity contribution in [1.82, 2.24) is 15.1 Å². The van der Waals surface area contributed by atoms with Gasteiger partial charge in [-0.15, -0.1) is 0 Å². The molecule has 1 saturated heterocycles. The SMILES string of the molecule is CCN(CC)CCCN1C(=O)CC(O)NC1=O. The standard InChI is InChI=1S/C11H21N3O3/c1-3-13(4-2)6-5-7-14-10(16)8-9(15)12-11(14)17/h9,15H,3-8H2,1-2H3,(H,12,17). The van der Waals surface area contributed by atoms with Crippen molar-refractivity contribution in [3.05, 3.63) is 0 Å². The molecule has 1 atom stereocenters. The maximum atomic E-state index is 11.5. The normalized spacial score (nSPS) is 20.9. The molecule has 1 fully saturated rings.